The van der Waals surface area contributed by atoms with Gasteiger partial charge in [-0.05, 0) is 44.2 Å². The Hall–Kier alpha value is -1.99. The fourth-order valence-corrected chi connectivity index (χ4v) is 1.52. The second kappa shape index (κ2) is 5.42. The van der Waals surface area contributed by atoms with Crippen LogP contribution >= 0.6 is 11.6 Å². The summed E-state index contributed by atoms with van der Waals surface area (Å²) in [7, 11) is 0. The van der Waals surface area contributed by atoms with E-state index < -0.39 is 17.2 Å². The molecule has 21 heavy (non-hydrogen) atoms. The molecular weight excluding hydrogens is 301 g/mol. The summed E-state index contributed by atoms with van der Waals surface area (Å²) in [6.07, 6.45) is 1.37. The number of carbonyl (C=O) groups is 1. The average molecular weight is 316 g/mol. The van der Waals surface area contributed by atoms with Gasteiger partial charge in [0.1, 0.15) is 5.82 Å². The monoisotopic (exact) mass is 315 g/mol. The van der Waals surface area contributed by atoms with Crippen molar-refractivity contribution in [1.82, 2.24) is 5.23 Å². The summed E-state index contributed by atoms with van der Waals surface area (Å²) in [4.78, 5) is 22.1. The second-order valence-electron chi connectivity index (χ2n) is 5.45. The highest BCUT2D eigenvalue weighted by atomic mass is 35.5. The molecular formula is C13H15ClFN3O3. The largest absolute Gasteiger partial charge is 0.379 e. The number of hydrogen-bond acceptors (Lipinski definition) is 6. The van der Waals surface area contributed by atoms with E-state index >= 15 is 0 Å². The number of hydroxylamine groups is 3. The number of rotatable bonds is 2. The van der Waals surface area contributed by atoms with Crippen molar-refractivity contribution in [3.63, 3.8) is 0 Å². The predicted octanol–water partition coefficient (Wildman–Crippen LogP) is 2.71. The Morgan fingerprint density at radius 1 is 1.43 bits per heavy atom. The molecule has 0 aliphatic carbocycles. The van der Waals surface area contributed by atoms with E-state index in [9.17, 15) is 9.18 Å². The topological polar surface area (TPSA) is 68.0 Å². The Bertz CT molecular complexity index is 601. The summed E-state index contributed by atoms with van der Waals surface area (Å²) < 4.78 is 13.1. The van der Waals surface area contributed by atoms with Crippen LogP contribution < -0.4 is 10.8 Å². The van der Waals surface area contributed by atoms with E-state index in [2.05, 4.69) is 0 Å². The van der Waals surface area contributed by atoms with Crippen molar-refractivity contribution in [1.29, 1.82) is 0 Å². The van der Waals surface area contributed by atoms with E-state index in [1.165, 1.54) is 29.5 Å². The molecule has 0 atom stereocenters. The zero-order valence-corrected chi connectivity index (χ0v) is 12.5. The van der Waals surface area contributed by atoms with Crippen molar-refractivity contribution >= 4 is 23.3 Å². The number of anilines is 1. The maximum absolute atomic E-state index is 13.1. The molecule has 1 aromatic carbocycles. The molecule has 2 rings (SSSR count). The Balaban J connectivity index is 2.11. The van der Waals surface area contributed by atoms with E-state index in [0.29, 0.717) is 5.69 Å². The number of carbonyl (C=O) groups excluding carboxylic acids is 1. The number of nitrogens with two attached hydrogens (primary N) is 1. The van der Waals surface area contributed by atoms with E-state index in [0.717, 1.165) is 5.23 Å². The lowest BCUT2D eigenvalue weighted by Gasteiger charge is -2.23. The Morgan fingerprint density at radius 2 is 2.10 bits per heavy atom. The molecule has 0 radical (unpaired) electrons. The summed E-state index contributed by atoms with van der Waals surface area (Å²) in [6, 6.07) is 3.99. The molecule has 0 aromatic heterocycles. The van der Waals surface area contributed by atoms with Crippen LogP contribution in [-0.4, -0.2) is 11.2 Å². The molecule has 0 unspecified atom stereocenters. The normalized spacial score (nSPS) is 15.2. The first kappa shape index (κ1) is 15.4. The minimum atomic E-state index is -0.712. The highest BCUT2D eigenvalue weighted by Crippen LogP contribution is 2.28. The molecule has 1 aliphatic rings. The van der Waals surface area contributed by atoms with E-state index in [1.54, 1.807) is 20.8 Å². The minimum absolute atomic E-state index is 0.0618. The molecule has 1 aliphatic heterocycles. The van der Waals surface area contributed by atoms with Crippen molar-refractivity contribution in [3.8, 4) is 0 Å². The number of hydrogen-bond donors (Lipinski definition) is 1. The molecule has 6 nitrogen and oxygen atoms in total. The van der Waals surface area contributed by atoms with Gasteiger partial charge in [-0.3, -0.25) is 0 Å². The van der Waals surface area contributed by atoms with Gasteiger partial charge in [0.05, 0.1) is 22.3 Å². The van der Waals surface area contributed by atoms with Crippen molar-refractivity contribution in [2.75, 3.05) is 5.06 Å². The molecule has 1 heterocycles. The highest BCUT2D eigenvalue weighted by molar-refractivity contribution is 6.31. The van der Waals surface area contributed by atoms with E-state index in [4.69, 9.17) is 27.1 Å². The smallest absolute Gasteiger partial charge is 0.340 e. The molecule has 114 valence electrons. The van der Waals surface area contributed by atoms with E-state index in [-0.39, 0.29) is 10.8 Å². The Kier molecular flexibility index (Phi) is 3.97. The molecule has 2 N–H and O–H groups in total. The SMILES string of the molecule is CC(C)(C)C(=O)ON1ON(c2ccc(F)c(Cl)c2)C=C1N. The Morgan fingerprint density at radius 3 is 2.67 bits per heavy atom. The zero-order chi connectivity index (χ0) is 15.8. The highest BCUT2D eigenvalue weighted by Gasteiger charge is 2.31. The van der Waals surface area contributed by atoms with Gasteiger partial charge in [0.2, 0.25) is 0 Å². The third-order valence-electron chi connectivity index (χ3n) is 2.56. The molecule has 0 spiro atoms. The van der Waals surface area contributed by atoms with Crippen molar-refractivity contribution < 1.29 is 19.0 Å². The fraction of sp³-hybridized carbons (Fsp3) is 0.308. The molecule has 8 heteroatoms. The maximum atomic E-state index is 13.1. The van der Waals surface area contributed by atoms with Crippen LogP contribution in [-0.2, 0) is 14.6 Å². The number of halogens is 2. The van der Waals surface area contributed by atoms with Crippen molar-refractivity contribution in [2.45, 2.75) is 20.8 Å². The molecule has 0 saturated heterocycles. The van der Waals surface area contributed by atoms with Gasteiger partial charge in [0.25, 0.3) is 0 Å². The van der Waals surface area contributed by atoms with Crippen molar-refractivity contribution in [3.05, 3.63) is 41.1 Å². The summed E-state index contributed by atoms with van der Waals surface area (Å²) in [6.45, 7) is 5.09. The summed E-state index contributed by atoms with van der Waals surface area (Å²) >= 11 is 5.70. The van der Waals surface area contributed by atoms with Crippen LogP contribution in [0.1, 0.15) is 20.8 Å². The van der Waals surface area contributed by atoms with Gasteiger partial charge >= 0.3 is 5.97 Å². The van der Waals surface area contributed by atoms with Crippen LogP contribution in [0.25, 0.3) is 0 Å². The summed E-state index contributed by atoms with van der Waals surface area (Å²) in [5.41, 5.74) is 5.42. The maximum Gasteiger partial charge on any atom is 0.340 e. The van der Waals surface area contributed by atoms with Gasteiger partial charge in [0, 0.05) is 0 Å². The summed E-state index contributed by atoms with van der Waals surface area (Å²) in [5.74, 6) is -1.00. The second-order valence-corrected chi connectivity index (χ2v) is 5.85. The van der Waals surface area contributed by atoms with Gasteiger partial charge in [-0.2, -0.15) is 5.06 Å². The standard InChI is InChI=1S/C13H15ClFN3O3/c1-13(2,3)12(19)20-18-11(16)7-17(21-18)8-4-5-10(15)9(14)6-8/h4-7H,16H2,1-3H3. The Labute approximate surface area is 126 Å². The molecule has 1 aromatic rings. The molecule has 0 amide bonds. The van der Waals surface area contributed by atoms with E-state index in [1.807, 2.05) is 0 Å². The van der Waals surface area contributed by atoms with Crippen LogP contribution in [0.4, 0.5) is 10.1 Å². The van der Waals surface area contributed by atoms with Crippen molar-refractivity contribution in [2.24, 2.45) is 11.1 Å². The summed E-state index contributed by atoms with van der Waals surface area (Å²) in [5, 5.41) is 1.93. The van der Waals surface area contributed by atoms with Gasteiger partial charge in [-0.15, -0.1) is 4.94 Å². The lowest BCUT2D eigenvalue weighted by atomic mass is 9.98. The van der Waals surface area contributed by atoms with Crippen LogP contribution in [0.3, 0.4) is 0 Å². The number of benzene rings is 1. The van der Waals surface area contributed by atoms with Crippen LogP contribution in [0.5, 0.6) is 0 Å². The number of nitrogens with zero attached hydrogens (tertiary/aromatic N) is 2. The quantitative estimate of drug-likeness (QED) is 0.905. The van der Waals surface area contributed by atoms with Crippen LogP contribution in [0.2, 0.25) is 5.02 Å². The van der Waals surface area contributed by atoms with Crippen LogP contribution in [0.15, 0.2) is 30.2 Å². The van der Waals surface area contributed by atoms with Gasteiger partial charge in [0.15, 0.2) is 5.82 Å². The van der Waals surface area contributed by atoms with Crippen LogP contribution in [0, 0.1) is 11.2 Å². The first-order valence-electron chi connectivity index (χ1n) is 6.10. The first-order chi connectivity index (χ1) is 9.68. The molecule has 0 fully saturated rings. The predicted molar refractivity (Wildman–Crippen MR) is 74.6 cm³/mol. The van der Waals surface area contributed by atoms with Gasteiger partial charge in [-0.1, -0.05) is 11.6 Å². The lowest BCUT2D eigenvalue weighted by molar-refractivity contribution is -0.318. The molecule has 0 bridgehead atoms. The van der Waals surface area contributed by atoms with Gasteiger partial charge in [-0.25, -0.2) is 9.18 Å². The third-order valence-corrected chi connectivity index (χ3v) is 2.85. The average Bonchev–Trinajstić information content (AvgIpc) is 2.73. The minimum Gasteiger partial charge on any atom is -0.379 e. The third kappa shape index (κ3) is 3.37. The molecule has 0 saturated carbocycles. The van der Waals surface area contributed by atoms with Gasteiger partial charge < -0.3 is 10.6 Å². The fourth-order valence-electron chi connectivity index (χ4n) is 1.34. The lowest BCUT2D eigenvalue weighted by Crippen LogP contribution is -2.34. The first-order valence-corrected chi connectivity index (χ1v) is 6.48. The zero-order valence-electron chi connectivity index (χ0n) is 11.8.